The molecule has 29 heavy (non-hydrogen) atoms. The Kier molecular flexibility index (Phi) is 4.95. The molecule has 146 valence electrons. The third-order valence-corrected chi connectivity index (χ3v) is 4.59. The van der Waals surface area contributed by atoms with Gasteiger partial charge in [0.05, 0.1) is 6.20 Å². The lowest BCUT2D eigenvalue weighted by atomic mass is 10.1. The number of carbonyl (C=O) groups is 1. The molecule has 0 saturated heterocycles. The molecule has 3 aromatic heterocycles. The summed E-state index contributed by atoms with van der Waals surface area (Å²) in [5.74, 6) is 1.09. The van der Waals surface area contributed by atoms with Gasteiger partial charge in [-0.25, -0.2) is 14.6 Å². The second-order valence-electron chi connectivity index (χ2n) is 7.03. The summed E-state index contributed by atoms with van der Waals surface area (Å²) in [6.07, 6.45) is 4.83. The van der Waals surface area contributed by atoms with Crippen LogP contribution in [0.2, 0.25) is 0 Å². The van der Waals surface area contributed by atoms with Crippen LogP contribution in [0.4, 0.5) is 5.69 Å². The van der Waals surface area contributed by atoms with Gasteiger partial charge in [0.25, 0.3) is 5.91 Å². The molecule has 1 aromatic carbocycles. The first-order chi connectivity index (χ1) is 14.0. The first kappa shape index (κ1) is 18.6. The summed E-state index contributed by atoms with van der Waals surface area (Å²) in [5, 5.41) is 7.41. The number of pyridine rings is 1. The number of nitrogens with one attached hydrogen (secondary N) is 1. The molecule has 1 amide bonds. The minimum absolute atomic E-state index is 0.182. The van der Waals surface area contributed by atoms with E-state index >= 15 is 0 Å². The number of aromatic nitrogens is 4. The number of rotatable bonds is 5. The Hall–Kier alpha value is -3.74. The highest BCUT2D eigenvalue weighted by Gasteiger charge is 2.18. The van der Waals surface area contributed by atoms with E-state index in [0.29, 0.717) is 23.1 Å². The van der Waals surface area contributed by atoms with Gasteiger partial charge in [-0.3, -0.25) is 4.79 Å². The molecule has 0 spiro atoms. The molecule has 0 unspecified atom stereocenters. The van der Waals surface area contributed by atoms with Crippen molar-refractivity contribution >= 4 is 11.6 Å². The number of benzene rings is 1. The molecule has 0 aliphatic heterocycles. The maximum absolute atomic E-state index is 12.9. The molecule has 0 saturated carbocycles. The highest BCUT2D eigenvalue weighted by atomic mass is 16.3. The van der Waals surface area contributed by atoms with Crippen molar-refractivity contribution in [2.24, 2.45) is 0 Å². The van der Waals surface area contributed by atoms with Crippen LogP contribution in [0.5, 0.6) is 0 Å². The quantitative estimate of drug-likeness (QED) is 0.541. The minimum Gasteiger partial charge on any atom is -0.445 e. The number of oxazole rings is 1. The van der Waals surface area contributed by atoms with Crippen molar-refractivity contribution in [3.8, 4) is 17.3 Å². The summed E-state index contributed by atoms with van der Waals surface area (Å²) < 4.78 is 7.11. The standard InChI is InChI=1S/C22H21N5O2/c1-14(2)19-13-18(26-27(19)20-6-4-5-9-23-20)21(28)25-16-8-7-15(3)17(12-16)22-24-10-11-29-22/h4-14H,1-3H3,(H,25,28). The Labute approximate surface area is 168 Å². The van der Waals surface area contributed by atoms with Crippen molar-refractivity contribution in [2.45, 2.75) is 26.7 Å². The van der Waals surface area contributed by atoms with Gasteiger partial charge in [-0.1, -0.05) is 26.0 Å². The smallest absolute Gasteiger partial charge is 0.276 e. The molecule has 7 heteroatoms. The number of anilines is 1. The molecular weight excluding hydrogens is 366 g/mol. The van der Waals surface area contributed by atoms with Crippen molar-refractivity contribution in [3.05, 3.63) is 78.1 Å². The molecule has 1 N–H and O–H groups in total. The maximum Gasteiger partial charge on any atom is 0.276 e. The van der Waals surface area contributed by atoms with E-state index in [1.54, 1.807) is 23.1 Å². The maximum atomic E-state index is 12.9. The number of carbonyl (C=O) groups excluding carboxylic acids is 1. The second kappa shape index (κ2) is 7.71. The minimum atomic E-state index is -0.288. The molecule has 7 nitrogen and oxygen atoms in total. The number of aryl methyl sites for hydroxylation is 1. The molecule has 0 fully saturated rings. The fourth-order valence-electron chi connectivity index (χ4n) is 3.06. The predicted molar refractivity (Wildman–Crippen MR) is 110 cm³/mol. The summed E-state index contributed by atoms with van der Waals surface area (Å²) in [5.41, 5.74) is 3.73. The molecule has 3 heterocycles. The third kappa shape index (κ3) is 3.80. The number of amides is 1. The van der Waals surface area contributed by atoms with E-state index in [2.05, 4.69) is 34.2 Å². The summed E-state index contributed by atoms with van der Waals surface area (Å²) >= 11 is 0. The summed E-state index contributed by atoms with van der Waals surface area (Å²) in [7, 11) is 0. The normalized spacial score (nSPS) is 11.0. The molecule has 4 rings (SSSR count). The van der Waals surface area contributed by atoms with Crippen molar-refractivity contribution in [2.75, 3.05) is 5.32 Å². The van der Waals surface area contributed by atoms with Gasteiger partial charge in [0, 0.05) is 23.1 Å². The largest absolute Gasteiger partial charge is 0.445 e. The summed E-state index contributed by atoms with van der Waals surface area (Å²) in [6.45, 7) is 6.08. The fourth-order valence-corrected chi connectivity index (χ4v) is 3.06. The Morgan fingerprint density at radius 2 is 1.97 bits per heavy atom. The van der Waals surface area contributed by atoms with Gasteiger partial charge in [0.1, 0.15) is 6.26 Å². The SMILES string of the molecule is Cc1ccc(NC(=O)c2cc(C(C)C)n(-c3ccccn3)n2)cc1-c1ncco1. The number of nitrogens with zero attached hydrogens (tertiary/aromatic N) is 4. The monoisotopic (exact) mass is 387 g/mol. The highest BCUT2D eigenvalue weighted by Crippen LogP contribution is 2.26. The van der Waals surface area contributed by atoms with E-state index in [0.717, 1.165) is 16.8 Å². The van der Waals surface area contributed by atoms with Gasteiger partial charge in [-0.05, 0) is 48.7 Å². The van der Waals surface area contributed by atoms with Gasteiger partial charge < -0.3 is 9.73 Å². The van der Waals surface area contributed by atoms with Crippen LogP contribution in [0.3, 0.4) is 0 Å². The van der Waals surface area contributed by atoms with E-state index < -0.39 is 0 Å². The Bertz CT molecular complexity index is 1130. The van der Waals surface area contributed by atoms with E-state index in [1.807, 2.05) is 43.3 Å². The van der Waals surface area contributed by atoms with Crippen molar-refractivity contribution in [3.63, 3.8) is 0 Å². The zero-order valence-corrected chi connectivity index (χ0v) is 16.5. The van der Waals surface area contributed by atoms with Crippen LogP contribution in [0.1, 0.15) is 41.5 Å². The molecule has 0 aliphatic rings. The van der Waals surface area contributed by atoms with E-state index in [1.165, 1.54) is 6.26 Å². The van der Waals surface area contributed by atoms with Gasteiger partial charge in [0.2, 0.25) is 5.89 Å². The van der Waals surface area contributed by atoms with Crippen molar-refractivity contribution < 1.29 is 9.21 Å². The van der Waals surface area contributed by atoms with Crippen LogP contribution in [0.15, 0.2) is 65.5 Å². The molecule has 0 radical (unpaired) electrons. The van der Waals surface area contributed by atoms with Gasteiger partial charge in [-0.2, -0.15) is 5.10 Å². The first-order valence-corrected chi connectivity index (χ1v) is 9.36. The van der Waals surface area contributed by atoms with Crippen molar-refractivity contribution in [1.29, 1.82) is 0 Å². The van der Waals surface area contributed by atoms with Gasteiger partial charge >= 0.3 is 0 Å². The highest BCUT2D eigenvalue weighted by molar-refractivity contribution is 6.03. The second-order valence-corrected chi connectivity index (χ2v) is 7.03. The zero-order chi connectivity index (χ0) is 20.4. The molecule has 4 aromatic rings. The topological polar surface area (TPSA) is 85.8 Å². The van der Waals surface area contributed by atoms with Gasteiger partial charge in [0.15, 0.2) is 11.5 Å². The van der Waals surface area contributed by atoms with E-state index in [4.69, 9.17) is 4.42 Å². The molecular formula is C22H21N5O2. The number of hydrogen-bond acceptors (Lipinski definition) is 5. The average Bonchev–Trinajstić information content (AvgIpc) is 3.40. The third-order valence-electron chi connectivity index (χ3n) is 4.59. The van der Waals surface area contributed by atoms with Crippen LogP contribution in [0, 0.1) is 6.92 Å². The fraction of sp³-hybridized carbons (Fsp3) is 0.182. The zero-order valence-electron chi connectivity index (χ0n) is 16.5. The lowest BCUT2D eigenvalue weighted by Crippen LogP contribution is -2.13. The number of hydrogen-bond donors (Lipinski definition) is 1. The summed E-state index contributed by atoms with van der Waals surface area (Å²) in [6, 6.07) is 13.0. The van der Waals surface area contributed by atoms with Crippen molar-refractivity contribution in [1.82, 2.24) is 19.7 Å². The Morgan fingerprint density at radius 3 is 2.66 bits per heavy atom. The van der Waals surface area contributed by atoms with Gasteiger partial charge in [-0.15, -0.1) is 0 Å². The van der Waals surface area contributed by atoms with Crippen LogP contribution >= 0.6 is 0 Å². The lowest BCUT2D eigenvalue weighted by molar-refractivity contribution is 0.102. The Balaban J connectivity index is 1.64. The molecule has 0 atom stereocenters. The molecule has 0 bridgehead atoms. The summed E-state index contributed by atoms with van der Waals surface area (Å²) in [4.78, 5) is 21.4. The predicted octanol–water partition coefficient (Wildman–Crippen LogP) is 4.61. The van der Waals surface area contributed by atoms with Crippen LogP contribution in [-0.4, -0.2) is 25.7 Å². The Morgan fingerprint density at radius 1 is 1.10 bits per heavy atom. The van der Waals surface area contributed by atoms with E-state index in [9.17, 15) is 4.79 Å². The molecule has 0 aliphatic carbocycles. The lowest BCUT2D eigenvalue weighted by Gasteiger charge is -2.08. The van der Waals surface area contributed by atoms with E-state index in [-0.39, 0.29) is 11.8 Å². The average molecular weight is 387 g/mol. The first-order valence-electron chi connectivity index (χ1n) is 9.36. The van der Waals surface area contributed by atoms with Crippen LogP contribution < -0.4 is 5.32 Å². The van der Waals surface area contributed by atoms with Crippen LogP contribution in [0.25, 0.3) is 17.3 Å². The van der Waals surface area contributed by atoms with Crippen LogP contribution in [-0.2, 0) is 0 Å².